The predicted octanol–water partition coefficient (Wildman–Crippen LogP) is 3.69. The molecule has 1 aliphatic carbocycles. The van der Waals surface area contributed by atoms with Crippen LogP contribution in [0.2, 0.25) is 0 Å². The molecule has 3 rings (SSSR count). The topological polar surface area (TPSA) is 23.6 Å². The van der Waals surface area contributed by atoms with Crippen molar-refractivity contribution in [3.8, 4) is 0 Å². The zero-order valence-corrected chi connectivity index (χ0v) is 15.6. The van der Waals surface area contributed by atoms with Gasteiger partial charge in [-0.05, 0) is 56.3 Å². The van der Waals surface area contributed by atoms with E-state index in [1.807, 2.05) is 11.9 Å². The number of rotatable bonds is 7. The standard InChI is InChI=1S/C21H32N2O/c1-20(2)16-21(20,18-10-5-4-6-11-18)17-22(3)19(24)12-9-15-23-13-7-8-14-23/h4-6,10-11H,7-9,12-17H2,1-3H3. The third-order valence-corrected chi connectivity index (χ3v) is 6.24. The first kappa shape index (κ1) is 17.5. The number of benzene rings is 1. The fourth-order valence-electron chi connectivity index (χ4n) is 4.47. The normalized spacial score (nSPS) is 25.6. The van der Waals surface area contributed by atoms with E-state index in [0.29, 0.717) is 12.3 Å². The number of nitrogens with zero attached hydrogens (tertiary/aromatic N) is 2. The van der Waals surface area contributed by atoms with E-state index >= 15 is 0 Å². The van der Waals surface area contributed by atoms with Gasteiger partial charge in [-0.25, -0.2) is 0 Å². The van der Waals surface area contributed by atoms with Crippen LogP contribution in [0.15, 0.2) is 30.3 Å². The Labute approximate surface area is 147 Å². The summed E-state index contributed by atoms with van der Waals surface area (Å²) in [6.45, 7) is 9.00. The largest absolute Gasteiger partial charge is 0.345 e. The first-order valence-electron chi connectivity index (χ1n) is 9.46. The van der Waals surface area contributed by atoms with Crippen LogP contribution < -0.4 is 0 Å². The van der Waals surface area contributed by atoms with Crippen LogP contribution in [0, 0.1) is 5.41 Å². The lowest BCUT2D eigenvalue weighted by Crippen LogP contribution is -2.36. The van der Waals surface area contributed by atoms with E-state index in [1.54, 1.807) is 0 Å². The van der Waals surface area contributed by atoms with Crippen molar-refractivity contribution < 1.29 is 4.79 Å². The highest BCUT2D eigenvalue weighted by Gasteiger charge is 2.62. The zero-order valence-electron chi connectivity index (χ0n) is 15.6. The van der Waals surface area contributed by atoms with Gasteiger partial charge in [0.25, 0.3) is 0 Å². The highest BCUT2D eigenvalue weighted by atomic mass is 16.2. The molecule has 1 saturated heterocycles. The van der Waals surface area contributed by atoms with Gasteiger partial charge in [0.15, 0.2) is 0 Å². The minimum absolute atomic E-state index is 0.133. The van der Waals surface area contributed by atoms with E-state index in [4.69, 9.17) is 0 Å². The SMILES string of the molecule is CN(CC1(c2ccccc2)CC1(C)C)C(=O)CCCN1CCCC1. The quantitative estimate of drug-likeness (QED) is 0.762. The molecule has 132 valence electrons. The Hall–Kier alpha value is -1.35. The fraction of sp³-hybridized carbons (Fsp3) is 0.667. The smallest absolute Gasteiger partial charge is 0.222 e. The van der Waals surface area contributed by atoms with Crippen molar-refractivity contribution >= 4 is 5.91 Å². The predicted molar refractivity (Wildman–Crippen MR) is 99.1 cm³/mol. The second-order valence-electron chi connectivity index (χ2n) is 8.41. The molecule has 1 aromatic rings. The van der Waals surface area contributed by atoms with Gasteiger partial charge in [0.05, 0.1) is 0 Å². The van der Waals surface area contributed by atoms with Gasteiger partial charge >= 0.3 is 0 Å². The maximum Gasteiger partial charge on any atom is 0.222 e. The van der Waals surface area contributed by atoms with Crippen molar-refractivity contribution in [2.75, 3.05) is 33.2 Å². The highest BCUT2D eigenvalue weighted by Crippen LogP contribution is 2.64. The average Bonchev–Trinajstić information content (AvgIpc) is 2.92. The van der Waals surface area contributed by atoms with Crippen LogP contribution in [0.25, 0.3) is 0 Å². The Morgan fingerprint density at radius 3 is 2.38 bits per heavy atom. The number of likely N-dealkylation sites (tertiary alicyclic amines) is 1. The van der Waals surface area contributed by atoms with E-state index in [-0.39, 0.29) is 10.8 Å². The molecule has 3 heteroatoms. The molecule has 0 spiro atoms. The Kier molecular flexibility index (Phi) is 5.00. The van der Waals surface area contributed by atoms with Crippen LogP contribution in [0.3, 0.4) is 0 Å². The number of carbonyl (C=O) groups is 1. The third kappa shape index (κ3) is 3.51. The number of likely N-dealkylation sites (N-methyl/N-ethyl adjacent to an activating group) is 1. The van der Waals surface area contributed by atoms with Gasteiger partial charge in [-0.3, -0.25) is 4.79 Å². The molecule has 0 aromatic heterocycles. The fourth-order valence-corrected chi connectivity index (χ4v) is 4.47. The third-order valence-electron chi connectivity index (χ3n) is 6.24. The maximum atomic E-state index is 12.6. The average molecular weight is 329 g/mol. The van der Waals surface area contributed by atoms with E-state index in [1.165, 1.54) is 31.5 Å². The molecular weight excluding hydrogens is 296 g/mol. The van der Waals surface area contributed by atoms with Crippen LogP contribution in [0.4, 0.5) is 0 Å². The van der Waals surface area contributed by atoms with E-state index in [2.05, 4.69) is 49.1 Å². The molecule has 1 saturated carbocycles. The van der Waals surface area contributed by atoms with Crippen molar-refractivity contribution in [1.29, 1.82) is 0 Å². The summed E-state index contributed by atoms with van der Waals surface area (Å²) >= 11 is 0. The molecule has 1 atom stereocenters. The zero-order chi connectivity index (χ0) is 17.2. The van der Waals surface area contributed by atoms with Gasteiger partial charge in [0.2, 0.25) is 5.91 Å². The Morgan fingerprint density at radius 2 is 1.79 bits per heavy atom. The summed E-state index contributed by atoms with van der Waals surface area (Å²) < 4.78 is 0. The van der Waals surface area contributed by atoms with E-state index < -0.39 is 0 Å². The Balaban J connectivity index is 1.54. The minimum Gasteiger partial charge on any atom is -0.345 e. The lowest BCUT2D eigenvalue weighted by molar-refractivity contribution is -0.130. The monoisotopic (exact) mass is 328 g/mol. The van der Waals surface area contributed by atoms with Crippen molar-refractivity contribution in [1.82, 2.24) is 9.80 Å². The number of hydrogen-bond donors (Lipinski definition) is 0. The van der Waals surface area contributed by atoms with Crippen LogP contribution in [0.5, 0.6) is 0 Å². The van der Waals surface area contributed by atoms with Crippen LogP contribution in [-0.2, 0) is 10.2 Å². The second kappa shape index (κ2) is 6.87. The van der Waals surface area contributed by atoms with Crippen molar-refractivity contribution in [3.63, 3.8) is 0 Å². The molecule has 1 aromatic carbocycles. The van der Waals surface area contributed by atoms with Gasteiger partial charge in [-0.15, -0.1) is 0 Å². The maximum absolute atomic E-state index is 12.6. The number of hydrogen-bond acceptors (Lipinski definition) is 2. The summed E-state index contributed by atoms with van der Waals surface area (Å²) in [5.41, 5.74) is 1.79. The van der Waals surface area contributed by atoms with Gasteiger partial charge in [-0.1, -0.05) is 44.2 Å². The summed E-state index contributed by atoms with van der Waals surface area (Å²) in [6.07, 6.45) is 5.48. The van der Waals surface area contributed by atoms with Gasteiger partial charge < -0.3 is 9.80 Å². The summed E-state index contributed by atoms with van der Waals surface area (Å²) in [4.78, 5) is 17.0. The van der Waals surface area contributed by atoms with Crippen molar-refractivity contribution in [2.24, 2.45) is 5.41 Å². The molecule has 1 heterocycles. The van der Waals surface area contributed by atoms with E-state index in [0.717, 1.165) is 25.9 Å². The van der Waals surface area contributed by atoms with Crippen LogP contribution in [-0.4, -0.2) is 48.9 Å². The summed E-state index contributed by atoms with van der Waals surface area (Å²) in [6, 6.07) is 10.7. The van der Waals surface area contributed by atoms with Gasteiger partial charge in [0.1, 0.15) is 0 Å². The molecule has 0 radical (unpaired) electrons. The molecule has 0 N–H and O–H groups in total. The van der Waals surface area contributed by atoms with Gasteiger partial charge in [0, 0.05) is 25.4 Å². The van der Waals surface area contributed by atoms with E-state index in [9.17, 15) is 4.79 Å². The molecule has 1 aliphatic heterocycles. The second-order valence-corrected chi connectivity index (χ2v) is 8.41. The van der Waals surface area contributed by atoms with Crippen molar-refractivity contribution in [2.45, 2.75) is 51.4 Å². The summed E-state index contributed by atoms with van der Waals surface area (Å²) in [5.74, 6) is 0.298. The lowest BCUT2D eigenvalue weighted by Gasteiger charge is -2.28. The molecule has 2 fully saturated rings. The lowest BCUT2D eigenvalue weighted by atomic mass is 9.87. The van der Waals surface area contributed by atoms with Gasteiger partial charge in [-0.2, -0.15) is 0 Å². The molecule has 3 nitrogen and oxygen atoms in total. The molecule has 1 amide bonds. The van der Waals surface area contributed by atoms with Crippen LogP contribution >= 0.6 is 0 Å². The molecule has 2 aliphatic rings. The molecule has 24 heavy (non-hydrogen) atoms. The summed E-state index contributed by atoms with van der Waals surface area (Å²) in [7, 11) is 1.98. The number of carbonyl (C=O) groups excluding carboxylic acids is 1. The summed E-state index contributed by atoms with van der Waals surface area (Å²) in [5, 5.41) is 0. The Bertz CT molecular complexity index is 562. The molecule has 1 unspecified atom stereocenters. The first-order valence-corrected chi connectivity index (χ1v) is 9.46. The minimum atomic E-state index is 0.133. The first-order chi connectivity index (χ1) is 11.4. The van der Waals surface area contributed by atoms with Crippen molar-refractivity contribution in [3.05, 3.63) is 35.9 Å². The molecule has 0 bridgehead atoms. The highest BCUT2D eigenvalue weighted by molar-refractivity contribution is 5.76. The van der Waals surface area contributed by atoms with Crippen LogP contribution in [0.1, 0.15) is 51.5 Å². The number of amides is 1. The Morgan fingerprint density at radius 1 is 1.17 bits per heavy atom. The molecular formula is C21H32N2O.